The highest BCUT2D eigenvalue weighted by Crippen LogP contribution is 2.49. The topological polar surface area (TPSA) is 102 Å². The van der Waals surface area contributed by atoms with Gasteiger partial charge in [0.1, 0.15) is 0 Å². The predicted molar refractivity (Wildman–Crippen MR) is 300 cm³/mol. The molecular weight excluding hydrogens is 901 g/mol. The molecule has 342 valence electrons. The smallest absolute Gasteiger partial charge is 0.0991 e. The molecule has 0 aliphatic rings. The van der Waals surface area contributed by atoms with E-state index in [1.807, 2.05) is 109 Å². The molecule has 12 aromatic rings. The molecule has 12 rings (SSSR count). The predicted octanol–water partition coefficient (Wildman–Crippen LogP) is 17.7. The van der Waals surface area contributed by atoms with Crippen molar-refractivity contribution < 1.29 is 0 Å². The molecule has 0 bridgehead atoms. The summed E-state index contributed by atoms with van der Waals surface area (Å²) in [7, 11) is 0. The fourth-order valence-corrected chi connectivity index (χ4v) is 10.3. The molecule has 0 unspecified atom stereocenters. The van der Waals surface area contributed by atoms with E-state index in [1.54, 1.807) is 0 Å². The normalized spacial score (nSPS) is 10.9. The van der Waals surface area contributed by atoms with E-state index in [4.69, 9.17) is 0 Å². The van der Waals surface area contributed by atoms with E-state index in [2.05, 4.69) is 168 Å². The molecule has 0 heterocycles. The summed E-state index contributed by atoms with van der Waals surface area (Å²) in [4.78, 5) is 4.67. The highest BCUT2D eigenvalue weighted by molar-refractivity contribution is 6.28. The fraction of sp³-hybridized carbons (Fsp3) is 0. The number of rotatable bonds is 10. The van der Waals surface area contributed by atoms with Gasteiger partial charge < -0.3 is 9.80 Å². The first kappa shape index (κ1) is 44.4. The maximum absolute atomic E-state index is 9.67. The van der Waals surface area contributed by atoms with E-state index in [0.717, 1.165) is 111 Å². The Morgan fingerprint density at radius 1 is 0.243 bits per heavy atom. The molecule has 74 heavy (non-hydrogen) atoms. The van der Waals surface area contributed by atoms with Gasteiger partial charge in [-0.2, -0.15) is 21.0 Å². The van der Waals surface area contributed by atoms with Crippen LogP contribution in [0, 0.1) is 45.3 Å². The molecule has 0 amide bonds. The van der Waals surface area contributed by atoms with E-state index < -0.39 is 0 Å². The molecule has 6 nitrogen and oxygen atoms in total. The van der Waals surface area contributed by atoms with Crippen LogP contribution in [0.15, 0.2) is 243 Å². The summed E-state index contributed by atoms with van der Waals surface area (Å²) in [5.41, 5.74) is 16.1. The molecule has 0 atom stereocenters. The van der Waals surface area contributed by atoms with Crippen molar-refractivity contribution >= 4 is 66.4 Å². The van der Waals surface area contributed by atoms with Crippen molar-refractivity contribution in [1.29, 1.82) is 21.0 Å². The number of nitriles is 4. The minimum Gasteiger partial charge on any atom is -0.310 e. The first-order chi connectivity index (χ1) is 36.5. The summed E-state index contributed by atoms with van der Waals surface area (Å²) in [6, 6.07) is 91.8. The second-order valence-corrected chi connectivity index (χ2v) is 18.2. The van der Waals surface area contributed by atoms with Crippen LogP contribution in [0.4, 0.5) is 34.1 Å². The van der Waals surface area contributed by atoms with Crippen LogP contribution in [-0.4, -0.2) is 0 Å². The molecule has 0 saturated carbocycles. The van der Waals surface area contributed by atoms with Crippen LogP contribution < -0.4 is 9.80 Å². The van der Waals surface area contributed by atoms with Gasteiger partial charge in [-0.15, -0.1) is 0 Å². The lowest BCUT2D eigenvalue weighted by atomic mass is 9.91. The summed E-state index contributed by atoms with van der Waals surface area (Å²) >= 11 is 0. The van der Waals surface area contributed by atoms with Crippen LogP contribution in [0.2, 0.25) is 0 Å². The molecule has 0 saturated heterocycles. The third-order valence-corrected chi connectivity index (χ3v) is 13.9. The molecule has 0 spiro atoms. The van der Waals surface area contributed by atoms with Crippen molar-refractivity contribution in [3.63, 3.8) is 0 Å². The first-order valence-electron chi connectivity index (χ1n) is 24.2. The third-order valence-electron chi connectivity index (χ3n) is 13.9. The number of anilines is 6. The van der Waals surface area contributed by atoms with Crippen LogP contribution in [0.5, 0.6) is 0 Å². The number of hydrogen-bond acceptors (Lipinski definition) is 6. The summed E-state index contributed by atoms with van der Waals surface area (Å²) in [6.07, 6.45) is 0. The Balaban J connectivity index is 1.08. The highest BCUT2D eigenvalue weighted by Gasteiger charge is 2.24. The van der Waals surface area contributed by atoms with Gasteiger partial charge in [-0.3, -0.25) is 0 Å². The van der Waals surface area contributed by atoms with Gasteiger partial charge in [-0.1, -0.05) is 121 Å². The van der Waals surface area contributed by atoms with Gasteiger partial charge in [0, 0.05) is 33.5 Å². The Hall–Kier alpha value is -10.8. The maximum atomic E-state index is 9.67. The van der Waals surface area contributed by atoms with Crippen LogP contribution >= 0.6 is 0 Å². The van der Waals surface area contributed by atoms with Gasteiger partial charge in [0.2, 0.25) is 0 Å². The van der Waals surface area contributed by atoms with Crippen molar-refractivity contribution in [2.75, 3.05) is 9.80 Å². The van der Waals surface area contributed by atoms with Crippen molar-refractivity contribution in [1.82, 2.24) is 0 Å². The minimum absolute atomic E-state index is 0.594. The maximum Gasteiger partial charge on any atom is 0.0991 e. The summed E-state index contributed by atoms with van der Waals surface area (Å²) in [6.45, 7) is 0. The van der Waals surface area contributed by atoms with Crippen molar-refractivity contribution in [3.05, 3.63) is 265 Å². The Morgan fingerprint density at radius 2 is 0.527 bits per heavy atom. The minimum atomic E-state index is 0.594. The standard InChI is InChI=1S/C68H40N6/c69-41-45-11-19-49(20-12-45)55-35-56(50-21-13-46(42-70)14-22-50)38-61(37-55)73(59-7-3-1-4-8-59)65-33-29-53-28-32-64-66(34-30-54-27-31-63(65)67(53)68(54)64)74(60-9-5-2-6-10-60)62-39-57(51-23-15-47(43-71)16-24-51)36-58(40-62)52-25-17-48(44-72)18-26-52/h1-40H. The molecule has 0 fully saturated rings. The Kier molecular flexibility index (Phi) is 11.3. The third kappa shape index (κ3) is 8.14. The average Bonchev–Trinajstić information content (AvgIpc) is 3.48. The molecule has 0 aromatic heterocycles. The lowest BCUT2D eigenvalue weighted by molar-refractivity contribution is 1.30. The van der Waals surface area contributed by atoms with E-state index in [9.17, 15) is 21.0 Å². The zero-order valence-electron chi connectivity index (χ0n) is 39.8. The van der Waals surface area contributed by atoms with Gasteiger partial charge in [-0.25, -0.2) is 0 Å². The zero-order valence-corrected chi connectivity index (χ0v) is 39.8. The number of para-hydroxylation sites is 2. The number of nitrogens with zero attached hydrogens (tertiary/aromatic N) is 6. The molecule has 0 N–H and O–H groups in total. The van der Waals surface area contributed by atoms with E-state index in [-0.39, 0.29) is 0 Å². The van der Waals surface area contributed by atoms with Gasteiger partial charge in [0.15, 0.2) is 0 Å². The average molecular weight is 941 g/mol. The van der Waals surface area contributed by atoms with Crippen molar-refractivity contribution in [2.45, 2.75) is 0 Å². The Bertz CT molecular complexity index is 3820. The molecule has 0 aliphatic carbocycles. The summed E-state index contributed by atoms with van der Waals surface area (Å²) in [5.74, 6) is 0. The van der Waals surface area contributed by atoms with Gasteiger partial charge >= 0.3 is 0 Å². The largest absolute Gasteiger partial charge is 0.310 e. The summed E-state index contributed by atoms with van der Waals surface area (Å²) in [5, 5.41) is 45.4. The van der Waals surface area contributed by atoms with Crippen molar-refractivity contribution in [2.24, 2.45) is 0 Å². The molecule has 6 heteroatoms. The Labute approximate surface area is 428 Å². The zero-order chi connectivity index (χ0) is 50.1. The second kappa shape index (κ2) is 18.9. The van der Waals surface area contributed by atoms with E-state index in [1.165, 1.54) is 0 Å². The highest BCUT2D eigenvalue weighted by atomic mass is 15.1. The Morgan fingerprint density at radius 3 is 0.811 bits per heavy atom. The summed E-state index contributed by atoms with van der Waals surface area (Å²) < 4.78 is 0. The van der Waals surface area contributed by atoms with Crippen LogP contribution in [0.3, 0.4) is 0 Å². The molecule has 0 radical (unpaired) electrons. The van der Waals surface area contributed by atoms with E-state index >= 15 is 0 Å². The molecular formula is C68H40N6. The molecule has 12 aromatic carbocycles. The van der Waals surface area contributed by atoms with E-state index in [0.29, 0.717) is 22.3 Å². The monoisotopic (exact) mass is 940 g/mol. The second-order valence-electron chi connectivity index (χ2n) is 18.2. The molecule has 0 aliphatic heterocycles. The lowest BCUT2D eigenvalue weighted by Crippen LogP contribution is -2.12. The quantitative estimate of drug-likeness (QED) is 0.127. The number of hydrogen-bond donors (Lipinski definition) is 0. The van der Waals surface area contributed by atoms with Crippen molar-refractivity contribution in [3.8, 4) is 68.8 Å². The fourth-order valence-electron chi connectivity index (χ4n) is 10.3. The number of benzene rings is 12. The lowest BCUT2D eigenvalue weighted by Gasteiger charge is -2.30. The van der Waals surface area contributed by atoms with Crippen LogP contribution in [0.25, 0.3) is 76.8 Å². The van der Waals surface area contributed by atoms with Gasteiger partial charge in [-0.05, 0) is 187 Å². The SMILES string of the molecule is N#Cc1ccc(-c2cc(-c3ccc(C#N)cc3)cc(N(c3ccccc3)c3ccc4ccc5c(N(c6ccccc6)c6cc(-c7ccc(C#N)cc7)cc(-c7ccc(C#N)cc7)c6)ccc6ccc3c4c65)c2)cc1. The van der Waals surface area contributed by atoms with Crippen LogP contribution in [0.1, 0.15) is 22.3 Å². The van der Waals surface area contributed by atoms with Crippen LogP contribution in [-0.2, 0) is 0 Å². The first-order valence-corrected chi connectivity index (χ1v) is 24.2. The van der Waals surface area contributed by atoms with Gasteiger partial charge in [0.05, 0.1) is 57.9 Å². The van der Waals surface area contributed by atoms with Gasteiger partial charge in [0.25, 0.3) is 0 Å².